The first-order valence-corrected chi connectivity index (χ1v) is 5.21. The maximum atomic E-state index is 11.0. The van der Waals surface area contributed by atoms with Gasteiger partial charge in [0.1, 0.15) is 11.3 Å². The van der Waals surface area contributed by atoms with E-state index in [-0.39, 0.29) is 22.9 Å². The molecule has 0 unspecified atom stereocenters. The number of carbonyl (C=O) groups excluding carboxylic acids is 1. The standard InChI is InChI=1S/C12H9N3O4/c13-11(16)8-5-6-10(15-14-8)19-9-4-2-1-3-7(9)12(17)18/h1-6H,(H2,13,16)(H,17,18). The summed E-state index contributed by atoms with van der Waals surface area (Å²) in [5, 5.41) is 16.2. The van der Waals surface area contributed by atoms with E-state index in [1.165, 1.54) is 24.3 Å². The second-order valence-electron chi connectivity index (χ2n) is 3.52. The maximum absolute atomic E-state index is 11.0. The third-order valence-corrected chi connectivity index (χ3v) is 2.22. The predicted molar refractivity (Wildman–Crippen MR) is 64.0 cm³/mol. The van der Waals surface area contributed by atoms with Crippen molar-refractivity contribution in [1.82, 2.24) is 10.2 Å². The topological polar surface area (TPSA) is 115 Å². The second kappa shape index (κ2) is 5.13. The molecule has 96 valence electrons. The molecule has 7 nitrogen and oxygen atoms in total. The zero-order valence-corrected chi connectivity index (χ0v) is 9.61. The van der Waals surface area contributed by atoms with Gasteiger partial charge in [0.15, 0.2) is 5.69 Å². The quantitative estimate of drug-likeness (QED) is 0.848. The summed E-state index contributed by atoms with van der Waals surface area (Å²) in [6, 6.07) is 8.83. The Morgan fingerprint density at radius 3 is 2.42 bits per heavy atom. The minimum absolute atomic E-state index is 0.00105. The van der Waals surface area contributed by atoms with Crippen LogP contribution >= 0.6 is 0 Å². The van der Waals surface area contributed by atoms with E-state index < -0.39 is 11.9 Å². The molecule has 1 aromatic carbocycles. The highest BCUT2D eigenvalue weighted by Crippen LogP contribution is 2.23. The lowest BCUT2D eigenvalue weighted by molar-refractivity contribution is 0.0694. The number of ether oxygens (including phenoxy) is 1. The van der Waals surface area contributed by atoms with Crippen LogP contribution < -0.4 is 10.5 Å². The van der Waals surface area contributed by atoms with Gasteiger partial charge >= 0.3 is 5.97 Å². The lowest BCUT2D eigenvalue weighted by Crippen LogP contribution is -2.13. The van der Waals surface area contributed by atoms with E-state index in [9.17, 15) is 9.59 Å². The number of rotatable bonds is 4. The number of benzene rings is 1. The van der Waals surface area contributed by atoms with Gasteiger partial charge < -0.3 is 15.6 Å². The summed E-state index contributed by atoms with van der Waals surface area (Å²) in [5.41, 5.74) is 5.02. The van der Waals surface area contributed by atoms with Gasteiger partial charge in [-0.05, 0) is 18.2 Å². The average molecular weight is 259 g/mol. The van der Waals surface area contributed by atoms with E-state index in [1.54, 1.807) is 12.1 Å². The van der Waals surface area contributed by atoms with Gasteiger partial charge in [0.05, 0.1) is 0 Å². The SMILES string of the molecule is NC(=O)c1ccc(Oc2ccccc2C(=O)O)nn1. The third-order valence-electron chi connectivity index (χ3n) is 2.22. The van der Waals surface area contributed by atoms with Crippen LogP contribution in [-0.4, -0.2) is 27.2 Å². The lowest BCUT2D eigenvalue weighted by Gasteiger charge is -2.06. The van der Waals surface area contributed by atoms with Gasteiger partial charge in [0, 0.05) is 6.07 Å². The fourth-order valence-corrected chi connectivity index (χ4v) is 1.35. The Morgan fingerprint density at radius 2 is 1.84 bits per heavy atom. The molecule has 1 heterocycles. The Bertz CT molecular complexity index is 625. The molecule has 0 bridgehead atoms. The fourth-order valence-electron chi connectivity index (χ4n) is 1.35. The van der Waals surface area contributed by atoms with Crippen molar-refractivity contribution in [2.24, 2.45) is 5.73 Å². The number of nitrogens with zero attached hydrogens (tertiary/aromatic N) is 2. The van der Waals surface area contributed by atoms with Gasteiger partial charge in [-0.1, -0.05) is 12.1 Å². The molecule has 19 heavy (non-hydrogen) atoms. The summed E-state index contributed by atoms with van der Waals surface area (Å²) in [6.45, 7) is 0. The van der Waals surface area contributed by atoms with Crippen molar-refractivity contribution in [1.29, 1.82) is 0 Å². The highest BCUT2D eigenvalue weighted by Gasteiger charge is 2.12. The average Bonchev–Trinajstić information content (AvgIpc) is 2.39. The van der Waals surface area contributed by atoms with E-state index >= 15 is 0 Å². The highest BCUT2D eigenvalue weighted by molar-refractivity contribution is 5.91. The van der Waals surface area contributed by atoms with E-state index in [4.69, 9.17) is 15.6 Å². The van der Waals surface area contributed by atoms with E-state index in [0.29, 0.717) is 0 Å². The summed E-state index contributed by atoms with van der Waals surface area (Å²) in [6.07, 6.45) is 0. The predicted octanol–water partition coefficient (Wildman–Crippen LogP) is 1.07. The van der Waals surface area contributed by atoms with Crippen molar-refractivity contribution in [3.63, 3.8) is 0 Å². The minimum atomic E-state index is -1.11. The van der Waals surface area contributed by atoms with Crippen LogP contribution in [0.3, 0.4) is 0 Å². The first-order valence-electron chi connectivity index (χ1n) is 5.21. The van der Waals surface area contributed by atoms with Crippen molar-refractivity contribution in [3.05, 3.63) is 47.7 Å². The van der Waals surface area contributed by atoms with Crippen LogP contribution in [0.25, 0.3) is 0 Å². The van der Waals surface area contributed by atoms with Gasteiger partial charge in [-0.3, -0.25) is 4.79 Å². The number of aromatic carboxylic acids is 1. The summed E-state index contributed by atoms with van der Waals surface area (Å²) < 4.78 is 5.30. The molecule has 7 heteroatoms. The highest BCUT2D eigenvalue weighted by atomic mass is 16.5. The molecular formula is C12H9N3O4. The van der Waals surface area contributed by atoms with Crippen LogP contribution in [0, 0.1) is 0 Å². The van der Waals surface area contributed by atoms with Crippen molar-refractivity contribution in [3.8, 4) is 11.6 Å². The number of primary amides is 1. The monoisotopic (exact) mass is 259 g/mol. The van der Waals surface area contributed by atoms with Gasteiger partial charge in [0.25, 0.3) is 5.91 Å². The van der Waals surface area contributed by atoms with E-state index in [0.717, 1.165) is 0 Å². The van der Waals surface area contributed by atoms with Gasteiger partial charge in [-0.25, -0.2) is 4.79 Å². The van der Waals surface area contributed by atoms with Crippen molar-refractivity contribution in [2.45, 2.75) is 0 Å². The molecule has 0 spiro atoms. The number of hydrogen-bond acceptors (Lipinski definition) is 5. The number of hydrogen-bond donors (Lipinski definition) is 2. The Hall–Kier alpha value is -2.96. The largest absolute Gasteiger partial charge is 0.478 e. The number of para-hydroxylation sites is 1. The molecule has 0 aliphatic rings. The molecule has 2 rings (SSSR count). The normalized spacial score (nSPS) is 9.89. The molecule has 0 radical (unpaired) electrons. The summed E-state index contributed by atoms with van der Waals surface area (Å²) in [7, 11) is 0. The third kappa shape index (κ3) is 2.83. The number of nitrogens with two attached hydrogens (primary N) is 1. The molecule has 2 aromatic rings. The van der Waals surface area contributed by atoms with Crippen LogP contribution in [0.2, 0.25) is 0 Å². The van der Waals surface area contributed by atoms with Crippen LogP contribution in [0.1, 0.15) is 20.8 Å². The van der Waals surface area contributed by atoms with E-state index in [2.05, 4.69) is 10.2 Å². The van der Waals surface area contributed by atoms with Gasteiger partial charge in [-0.2, -0.15) is 0 Å². The summed E-state index contributed by atoms with van der Waals surface area (Å²) in [4.78, 5) is 21.8. The number of amides is 1. The molecule has 0 saturated carbocycles. The number of aromatic nitrogens is 2. The first-order chi connectivity index (χ1) is 9.08. The molecule has 0 atom stereocenters. The smallest absolute Gasteiger partial charge is 0.339 e. The van der Waals surface area contributed by atoms with Gasteiger partial charge in [0.2, 0.25) is 5.88 Å². The number of carboxylic acid groups (broad SMARTS) is 1. The Morgan fingerprint density at radius 1 is 1.11 bits per heavy atom. The maximum Gasteiger partial charge on any atom is 0.339 e. The summed E-state index contributed by atoms with van der Waals surface area (Å²) >= 11 is 0. The number of carbonyl (C=O) groups is 2. The Balaban J connectivity index is 2.26. The second-order valence-corrected chi connectivity index (χ2v) is 3.52. The molecule has 1 amide bonds. The molecule has 0 aliphatic heterocycles. The van der Waals surface area contributed by atoms with Crippen molar-refractivity contribution < 1.29 is 19.4 Å². The van der Waals surface area contributed by atoms with Crippen molar-refractivity contribution in [2.75, 3.05) is 0 Å². The van der Waals surface area contributed by atoms with Gasteiger partial charge in [-0.15, -0.1) is 10.2 Å². The van der Waals surface area contributed by atoms with Crippen molar-refractivity contribution >= 4 is 11.9 Å². The van der Waals surface area contributed by atoms with Crippen LogP contribution in [0.15, 0.2) is 36.4 Å². The molecule has 1 aromatic heterocycles. The molecular weight excluding hydrogens is 250 g/mol. The first kappa shape index (κ1) is 12.5. The zero-order valence-electron chi connectivity index (χ0n) is 9.61. The van der Waals surface area contributed by atoms with Crippen LogP contribution in [0.5, 0.6) is 11.6 Å². The lowest BCUT2D eigenvalue weighted by atomic mass is 10.2. The molecule has 0 saturated heterocycles. The van der Waals surface area contributed by atoms with Crippen LogP contribution in [0.4, 0.5) is 0 Å². The van der Waals surface area contributed by atoms with E-state index in [1.807, 2.05) is 0 Å². The molecule has 3 N–H and O–H groups in total. The Kier molecular flexibility index (Phi) is 3.37. The molecule has 0 aliphatic carbocycles. The minimum Gasteiger partial charge on any atom is -0.478 e. The Labute approximate surface area is 107 Å². The fraction of sp³-hybridized carbons (Fsp3) is 0. The summed E-state index contributed by atoms with van der Waals surface area (Å²) in [5.74, 6) is -1.61. The zero-order chi connectivity index (χ0) is 13.8. The number of carboxylic acids is 1. The van der Waals surface area contributed by atoms with Crippen LogP contribution in [-0.2, 0) is 0 Å². The molecule has 0 fully saturated rings.